The third kappa shape index (κ3) is 3.26. The number of nitrogen functional groups attached to an aromatic ring is 1. The number of benzene rings is 2. The summed E-state index contributed by atoms with van der Waals surface area (Å²) < 4.78 is 13.4. The molecule has 0 aliphatic carbocycles. The van der Waals surface area contributed by atoms with Crippen molar-refractivity contribution >= 4 is 11.6 Å². The van der Waals surface area contributed by atoms with E-state index in [0.717, 1.165) is 0 Å². The maximum atomic E-state index is 13.4. The predicted molar refractivity (Wildman–Crippen MR) is 75.0 cm³/mol. The molecule has 104 valence electrons. The zero-order chi connectivity index (χ0) is 14.5. The lowest BCUT2D eigenvalue weighted by atomic mass is 10.1. The molecule has 5 heteroatoms. The molecule has 1 amide bonds. The van der Waals surface area contributed by atoms with E-state index in [9.17, 15) is 14.3 Å². The van der Waals surface area contributed by atoms with Crippen LogP contribution in [0.4, 0.5) is 10.1 Å². The summed E-state index contributed by atoms with van der Waals surface area (Å²) in [5.41, 5.74) is 6.69. The molecular weight excluding hydrogens is 259 g/mol. The Kier molecular flexibility index (Phi) is 4.20. The molecule has 0 aromatic heterocycles. The van der Waals surface area contributed by atoms with E-state index in [0.29, 0.717) is 12.0 Å². The smallest absolute Gasteiger partial charge is 0.253 e. The summed E-state index contributed by atoms with van der Waals surface area (Å²) in [6.07, 6.45) is 0.386. The molecule has 2 rings (SSSR count). The Bertz CT molecular complexity index is 629. The van der Waals surface area contributed by atoms with Crippen molar-refractivity contribution in [3.05, 3.63) is 59.4 Å². The first-order chi connectivity index (χ1) is 9.58. The fraction of sp³-hybridized carbons (Fsp3) is 0.133. The highest BCUT2D eigenvalue weighted by Crippen LogP contribution is 2.18. The largest absolute Gasteiger partial charge is 0.508 e. The Morgan fingerprint density at radius 2 is 2.00 bits per heavy atom. The van der Waals surface area contributed by atoms with Gasteiger partial charge in [-0.1, -0.05) is 18.2 Å². The van der Waals surface area contributed by atoms with Crippen LogP contribution in [-0.2, 0) is 6.42 Å². The third-order valence-electron chi connectivity index (χ3n) is 2.92. The van der Waals surface area contributed by atoms with Gasteiger partial charge in [-0.2, -0.15) is 0 Å². The van der Waals surface area contributed by atoms with Crippen molar-refractivity contribution in [2.24, 2.45) is 0 Å². The fourth-order valence-electron chi connectivity index (χ4n) is 1.85. The van der Waals surface area contributed by atoms with Crippen LogP contribution in [0, 0.1) is 5.82 Å². The molecule has 0 saturated heterocycles. The average molecular weight is 274 g/mol. The number of nitrogens with two attached hydrogens (primary N) is 1. The van der Waals surface area contributed by atoms with Gasteiger partial charge < -0.3 is 16.2 Å². The molecule has 0 bridgehead atoms. The van der Waals surface area contributed by atoms with Crippen molar-refractivity contribution in [2.75, 3.05) is 12.3 Å². The van der Waals surface area contributed by atoms with Gasteiger partial charge in [-0.15, -0.1) is 0 Å². The van der Waals surface area contributed by atoms with Crippen molar-refractivity contribution in [3.8, 4) is 5.75 Å². The lowest BCUT2D eigenvalue weighted by Crippen LogP contribution is -2.26. The molecular formula is C15H15FN2O2. The predicted octanol–water partition coefficient (Wildman–Crippen LogP) is 2.09. The highest BCUT2D eigenvalue weighted by atomic mass is 19.1. The van der Waals surface area contributed by atoms with Gasteiger partial charge in [-0.25, -0.2) is 4.39 Å². The average Bonchev–Trinajstić information content (AvgIpc) is 2.43. The topological polar surface area (TPSA) is 75.3 Å². The summed E-state index contributed by atoms with van der Waals surface area (Å²) in [6, 6.07) is 10.6. The molecule has 0 heterocycles. The minimum atomic E-state index is -0.394. The first-order valence-corrected chi connectivity index (χ1v) is 6.18. The molecule has 0 spiro atoms. The van der Waals surface area contributed by atoms with E-state index in [1.807, 2.05) is 0 Å². The summed E-state index contributed by atoms with van der Waals surface area (Å²) in [4.78, 5) is 11.9. The third-order valence-corrected chi connectivity index (χ3v) is 2.92. The van der Waals surface area contributed by atoms with Gasteiger partial charge in [0.15, 0.2) is 0 Å². The van der Waals surface area contributed by atoms with E-state index in [-0.39, 0.29) is 29.4 Å². The molecule has 2 aromatic carbocycles. The van der Waals surface area contributed by atoms with Gasteiger partial charge in [0.25, 0.3) is 5.91 Å². The normalized spacial score (nSPS) is 10.2. The molecule has 0 saturated carbocycles. The first kappa shape index (κ1) is 13.9. The number of carbonyl (C=O) groups excluding carboxylic acids is 1. The van der Waals surface area contributed by atoms with E-state index < -0.39 is 5.91 Å². The molecule has 2 aromatic rings. The zero-order valence-electron chi connectivity index (χ0n) is 10.8. The minimum absolute atomic E-state index is 0.0292. The maximum absolute atomic E-state index is 13.4. The van der Waals surface area contributed by atoms with Crippen LogP contribution in [0.3, 0.4) is 0 Å². The fourth-order valence-corrected chi connectivity index (χ4v) is 1.85. The van der Waals surface area contributed by atoms with Crippen LogP contribution in [0.25, 0.3) is 0 Å². The summed E-state index contributed by atoms with van der Waals surface area (Å²) in [5.74, 6) is -0.716. The Morgan fingerprint density at radius 3 is 2.75 bits per heavy atom. The molecule has 0 fully saturated rings. The summed E-state index contributed by atoms with van der Waals surface area (Å²) >= 11 is 0. The number of aromatic hydroxyl groups is 1. The van der Waals surface area contributed by atoms with Gasteiger partial charge in [0.2, 0.25) is 0 Å². The van der Waals surface area contributed by atoms with Crippen LogP contribution in [0.15, 0.2) is 42.5 Å². The number of hydrogen-bond donors (Lipinski definition) is 3. The van der Waals surface area contributed by atoms with Crippen LogP contribution < -0.4 is 11.1 Å². The number of anilines is 1. The number of phenolic OH excluding ortho intramolecular Hbond substituents is 1. The molecule has 0 unspecified atom stereocenters. The van der Waals surface area contributed by atoms with Crippen LogP contribution in [0.5, 0.6) is 5.75 Å². The maximum Gasteiger partial charge on any atom is 0.253 e. The second-order valence-corrected chi connectivity index (χ2v) is 4.37. The molecule has 4 nitrogen and oxygen atoms in total. The Morgan fingerprint density at radius 1 is 1.25 bits per heavy atom. The number of nitrogens with one attached hydrogen (secondary N) is 1. The first-order valence-electron chi connectivity index (χ1n) is 6.18. The Hall–Kier alpha value is -2.56. The quantitative estimate of drug-likeness (QED) is 0.590. The van der Waals surface area contributed by atoms with Gasteiger partial charge >= 0.3 is 0 Å². The number of phenols is 1. The van der Waals surface area contributed by atoms with Gasteiger partial charge in [0.05, 0.1) is 5.56 Å². The van der Waals surface area contributed by atoms with Gasteiger partial charge in [-0.05, 0) is 36.2 Å². The molecule has 4 N–H and O–H groups in total. The van der Waals surface area contributed by atoms with Crippen LogP contribution in [0.1, 0.15) is 15.9 Å². The van der Waals surface area contributed by atoms with Crippen LogP contribution in [0.2, 0.25) is 0 Å². The van der Waals surface area contributed by atoms with Crippen molar-refractivity contribution in [1.82, 2.24) is 5.32 Å². The summed E-state index contributed by atoms with van der Waals surface area (Å²) in [6.45, 7) is 0.287. The van der Waals surface area contributed by atoms with Gasteiger partial charge in [-0.3, -0.25) is 4.79 Å². The van der Waals surface area contributed by atoms with Crippen molar-refractivity contribution in [1.29, 1.82) is 0 Å². The molecule has 0 aliphatic heterocycles. The number of halogens is 1. The van der Waals surface area contributed by atoms with Crippen molar-refractivity contribution in [3.63, 3.8) is 0 Å². The number of hydrogen-bond acceptors (Lipinski definition) is 3. The van der Waals surface area contributed by atoms with Crippen molar-refractivity contribution < 1.29 is 14.3 Å². The van der Waals surface area contributed by atoms with Gasteiger partial charge in [0, 0.05) is 12.2 Å². The van der Waals surface area contributed by atoms with Crippen LogP contribution in [-0.4, -0.2) is 17.6 Å². The summed E-state index contributed by atoms with van der Waals surface area (Å²) in [7, 11) is 0. The highest BCUT2D eigenvalue weighted by Gasteiger charge is 2.10. The van der Waals surface area contributed by atoms with Gasteiger partial charge in [0.1, 0.15) is 11.6 Å². The van der Waals surface area contributed by atoms with E-state index in [4.69, 9.17) is 5.73 Å². The molecule has 20 heavy (non-hydrogen) atoms. The van der Waals surface area contributed by atoms with E-state index in [1.54, 1.807) is 18.2 Å². The lowest BCUT2D eigenvalue weighted by molar-refractivity contribution is 0.0954. The van der Waals surface area contributed by atoms with E-state index >= 15 is 0 Å². The second-order valence-electron chi connectivity index (χ2n) is 4.37. The summed E-state index contributed by atoms with van der Waals surface area (Å²) in [5, 5.41) is 12.0. The number of carbonyl (C=O) groups is 1. The van der Waals surface area contributed by atoms with Crippen molar-refractivity contribution in [2.45, 2.75) is 6.42 Å². The van der Waals surface area contributed by atoms with E-state index in [1.165, 1.54) is 24.3 Å². The second kappa shape index (κ2) is 6.06. The Labute approximate surface area is 116 Å². The monoisotopic (exact) mass is 274 g/mol. The Balaban J connectivity index is 1.96. The number of rotatable bonds is 4. The van der Waals surface area contributed by atoms with Crippen LogP contribution >= 0.6 is 0 Å². The van der Waals surface area contributed by atoms with E-state index in [2.05, 4.69) is 5.32 Å². The minimum Gasteiger partial charge on any atom is -0.508 e. The molecule has 0 atom stereocenters. The highest BCUT2D eigenvalue weighted by molar-refractivity contribution is 5.99. The standard InChI is InChI=1S/C15H15FN2O2/c16-13-4-2-1-3-10(13)7-8-18-15(20)12-9-11(19)5-6-14(12)17/h1-6,9,19H,7-8,17H2,(H,18,20). The molecule has 0 radical (unpaired) electrons. The SMILES string of the molecule is Nc1ccc(O)cc1C(=O)NCCc1ccccc1F. The zero-order valence-corrected chi connectivity index (χ0v) is 10.8. The molecule has 0 aliphatic rings. The lowest BCUT2D eigenvalue weighted by Gasteiger charge is -2.08. The number of amides is 1.